The van der Waals surface area contributed by atoms with Crippen molar-refractivity contribution in [2.75, 3.05) is 0 Å². The molecule has 0 radical (unpaired) electrons. The molecule has 0 saturated carbocycles. The van der Waals surface area contributed by atoms with Gasteiger partial charge in [-0.3, -0.25) is 4.57 Å². The van der Waals surface area contributed by atoms with Gasteiger partial charge in [-0.2, -0.15) is 23.5 Å². The number of fused-ring (bicyclic) bond motifs is 10. The van der Waals surface area contributed by atoms with Crippen molar-refractivity contribution in [1.29, 1.82) is 5.26 Å². The number of rotatable bonds is 6. The molecule has 346 valence electrons. The van der Waals surface area contributed by atoms with Crippen LogP contribution >= 0.6 is 0 Å². The third kappa shape index (κ3) is 7.36. The van der Waals surface area contributed by atoms with Crippen LogP contribution in [0.1, 0.15) is 31.9 Å². The zero-order valence-electron chi connectivity index (χ0n) is 39.6. The minimum atomic E-state index is -0.0552. The zero-order chi connectivity index (χ0) is 47.8. The van der Waals surface area contributed by atoms with Crippen LogP contribution in [0.25, 0.3) is 106 Å². The maximum Gasteiger partial charge on any atom is 0.268 e. The second kappa shape index (κ2) is 17.7. The number of hydrogen-bond acceptors (Lipinski definition) is 3. The van der Waals surface area contributed by atoms with Gasteiger partial charge in [0, 0.05) is 44.3 Å². The third-order valence-corrected chi connectivity index (χ3v) is 13.8. The SMILES string of the molecule is CC(C)(C)c1ccnc(-n2c3[c-]c(Oc4[c-]c(-n5[c-][n+]6c7c(ccc(-c8ccc(C#N)cc8)c75)-c5ccccc5-c5ccccc5-c5cccc(-c7ccccc7)c5-6)ccc4)ccc3c3ccccc32)c1.[Pt]. The Morgan fingerprint density at radius 2 is 1.18 bits per heavy atom. The van der Waals surface area contributed by atoms with Gasteiger partial charge in [-0.15, -0.1) is 29.7 Å². The molecule has 0 aliphatic carbocycles. The molecule has 9 aromatic carbocycles. The Labute approximate surface area is 432 Å². The van der Waals surface area contributed by atoms with Crippen LogP contribution in [0.2, 0.25) is 0 Å². The molecule has 0 unspecified atom stereocenters. The molecule has 0 saturated heterocycles. The number of ether oxygens (including phenoxy) is 1. The normalized spacial score (nSPS) is 11.7. The molecule has 0 bridgehead atoms. The fourth-order valence-corrected chi connectivity index (χ4v) is 10.4. The monoisotopic (exact) mass is 1100 g/mol. The first-order valence-electron chi connectivity index (χ1n) is 23.8. The zero-order valence-corrected chi connectivity index (χ0v) is 41.9. The second-order valence-electron chi connectivity index (χ2n) is 19.1. The van der Waals surface area contributed by atoms with E-state index in [1.807, 2.05) is 48.7 Å². The maximum absolute atomic E-state index is 9.84. The van der Waals surface area contributed by atoms with Crippen LogP contribution < -0.4 is 9.30 Å². The number of hydrogen-bond donors (Lipinski definition) is 0. The summed E-state index contributed by atoms with van der Waals surface area (Å²) in [6.07, 6.45) is 5.84. The van der Waals surface area contributed by atoms with Crippen molar-refractivity contribution >= 4 is 32.8 Å². The van der Waals surface area contributed by atoms with E-state index in [-0.39, 0.29) is 26.5 Å². The van der Waals surface area contributed by atoms with Crippen molar-refractivity contribution in [3.63, 3.8) is 0 Å². The van der Waals surface area contributed by atoms with E-state index in [4.69, 9.17) is 9.72 Å². The first-order chi connectivity index (χ1) is 34.8. The van der Waals surface area contributed by atoms with Gasteiger partial charge in [0.2, 0.25) is 0 Å². The van der Waals surface area contributed by atoms with Gasteiger partial charge >= 0.3 is 0 Å². The van der Waals surface area contributed by atoms with Gasteiger partial charge in [0.15, 0.2) is 0 Å². The molecule has 0 amide bonds. The predicted octanol–water partition coefficient (Wildman–Crippen LogP) is 15.4. The first-order valence-corrected chi connectivity index (χ1v) is 23.8. The number of pyridine rings is 1. The summed E-state index contributed by atoms with van der Waals surface area (Å²) in [5, 5.41) is 12.0. The molecule has 72 heavy (non-hydrogen) atoms. The standard InChI is InChI=1S/C65H43N5O.Pt/c1-65(2,3)45-35-36-67-61(37-45)70-59-26-12-11-23-55(59)56-32-31-48(39-60(56)70)71-47-18-13-17-46(38-47)68-41-69-62-49(43-15-5-4-6-16-43)24-14-25-57(62)53-21-9-7-19-51(53)52-20-8-10-22-54(52)58-34-33-50(63(68)64(58)69)44-29-27-42(40-66)28-30-44;/h4-37H,1-3H3;/q-2;. The Bertz CT molecular complexity index is 4140. The number of aromatic nitrogens is 4. The molecule has 1 aliphatic heterocycles. The number of para-hydroxylation sites is 2. The van der Waals surface area contributed by atoms with E-state index in [9.17, 15) is 5.26 Å². The minimum Gasteiger partial charge on any atom is -0.510 e. The van der Waals surface area contributed by atoms with Crippen LogP contribution in [0.5, 0.6) is 11.5 Å². The summed E-state index contributed by atoms with van der Waals surface area (Å²) < 4.78 is 13.4. The van der Waals surface area contributed by atoms with Gasteiger partial charge in [0.05, 0.1) is 28.4 Å². The number of nitrogens with zero attached hydrogens (tertiary/aromatic N) is 5. The minimum absolute atomic E-state index is 0. The van der Waals surface area contributed by atoms with Crippen molar-refractivity contribution in [3.05, 3.63) is 236 Å². The Hall–Kier alpha value is -8.62. The number of imidazole rings is 1. The predicted molar refractivity (Wildman–Crippen MR) is 284 cm³/mol. The van der Waals surface area contributed by atoms with Crippen molar-refractivity contribution in [1.82, 2.24) is 14.1 Å². The molecular weight excluding hydrogens is 1060 g/mol. The van der Waals surface area contributed by atoms with Gasteiger partial charge in [-0.05, 0) is 108 Å². The molecule has 12 aromatic rings. The third-order valence-electron chi connectivity index (χ3n) is 13.8. The van der Waals surface area contributed by atoms with Crippen LogP contribution in [-0.4, -0.2) is 14.1 Å². The van der Waals surface area contributed by atoms with Crippen molar-refractivity contribution in [3.8, 4) is 90.4 Å². The summed E-state index contributed by atoms with van der Waals surface area (Å²) in [7, 11) is 0. The molecular formula is C65H43N5OPt-2. The van der Waals surface area contributed by atoms with Crippen LogP contribution in [0.3, 0.4) is 0 Å². The molecule has 4 heterocycles. The van der Waals surface area contributed by atoms with Crippen LogP contribution in [0, 0.1) is 29.8 Å². The van der Waals surface area contributed by atoms with E-state index < -0.39 is 0 Å². The Kier molecular flexibility index (Phi) is 10.9. The van der Waals surface area contributed by atoms with Gasteiger partial charge in [-0.25, -0.2) is 4.98 Å². The first kappa shape index (κ1) is 44.6. The quantitative estimate of drug-likeness (QED) is 0.123. The summed E-state index contributed by atoms with van der Waals surface area (Å²) in [6, 6.07) is 79.3. The molecule has 0 fully saturated rings. The Morgan fingerprint density at radius 3 is 1.93 bits per heavy atom. The molecule has 6 nitrogen and oxygen atoms in total. The molecule has 13 rings (SSSR count). The average Bonchev–Trinajstić information content (AvgIpc) is 3.98. The average molecular weight is 1110 g/mol. The summed E-state index contributed by atoms with van der Waals surface area (Å²) in [5.41, 5.74) is 18.1. The fraction of sp³-hybridized carbons (Fsp3) is 0.0615. The van der Waals surface area contributed by atoms with Gasteiger partial charge in [0.1, 0.15) is 5.82 Å². The van der Waals surface area contributed by atoms with Crippen molar-refractivity contribution in [2.45, 2.75) is 26.2 Å². The van der Waals surface area contributed by atoms with Gasteiger partial charge in [0.25, 0.3) is 6.33 Å². The molecule has 0 N–H and O–H groups in total. The van der Waals surface area contributed by atoms with E-state index in [0.717, 1.165) is 106 Å². The largest absolute Gasteiger partial charge is 0.510 e. The van der Waals surface area contributed by atoms with E-state index >= 15 is 0 Å². The van der Waals surface area contributed by atoms with Crippen molar-refractivity contribution < 1.29 is 30.4 Å². The Balaban J connectivity index is 0.00000530. The maximum atomic E-state index is 9.84. The number of nitriles is 1. The molecule has 0 atom stereocenters. The second-order valence-corrected chi connectivity index (χ2v) is 19.1. The van der Waals surface area contributed by atoms with Gasteiger partial charge in [-0.1, -0.05) is 166 Å². The number of benzene rings is 9. The van der Waals surface area contributed by atoms with Crippen molar-refractivity contribution in [2.24, 2.45) is 0 Å². The molecule has 3 aromatic heterocycles. The van der Waals surface area contributed by atoms with E-state index in [1.165, 1.54) is 5.56 Å². The smallest absolute Gasteiger partial charge is 0.268 e. The van der Waals surface area contributed by atoms with Crippen LogP contribution in [0.15, 0.2) is 206 Å². The van der Waals surface area contributed by atoms with Crippen LogP contribution in [-0.2, 0) is 26.5 Å². The molecule has 1 aliphatic rings. The molecule has 7 heteroatoms. The Morgan fingerprint density at radius 1 is 0.556 bits per heavy atom. The summed E-state index contributed by atoms with van der Waals surface area (Å²) >= 11 is 0. The van der Waals surface area contributed by atoms with Crippen LogP contribution in [0.4, 0.5) is 0 Å². The molecule has 0 spiro atoms. The summed E-state index contributed by atoms with van der Waals surface area (Å²) in [6.45, 7) is 6.66. The van der Waals surface area contributed by atoms with E-state index in [2.05, 4.69) is 217 Å². The van der Waals surface area contributed by atoms with E-state index in [0.29, 0.717) is 17.1 Å². The van der Waals surface area contributed by atoms with Gasteiger partial charge < -0.3 is 13.9 Å². The topological polar surface area (TPSA) is 59.6 Å². The fourth-order valence-electron chi connectivity index (χ4n) is 10.4. The van der Waals surface area contributed by atoms with E-state index in [1.54, 1.807) is 0 Å². The summed E-state index contributed by atoms with van der Waals surface area (Å²) in [5.74, 6) is 1.91. The summed E-state index contributed by atoms with van der Waals surface area (Å²) in [4.78, 5) is 4.89.